The average Bonchev–Trinajstić information content (AvgIpc) is 3.04. The minimum absolute atomic E-state index is 0.144. The van der Waals surface area contributed by atoms with Crippen LogP contribution < -0.4 is 10.1 Å². The van der Waals surface area contributed by atoms with Gasteiger partial charge in [0.15, 0.2) is 0 Å². The lowest BCUT2D eigenvalue weighted by molar-refractivity contribution is 0.0535. The molecule has 3 atom stereocenters. The Morgan fingerprint density at radius 2 is 1.92 bits per heavy atom. The minimum atomic E-state index is -0.236. The maximum Gasteiger partial charge on any atom is 0.338 e. The van der Waals surface area contributed by atoms with E-state index in [1.807, 2.05) is 24.3 Å². The summed E-state index contributed by atoms with van der Waals surface area (Å²) in [5.74, 6) is 0.591. The van der Waals surface area contributed by atoms with Gasteiger partial charge < -0.3 is 14.8 Å². The predicted octanol–water partition coefficient (Wildman–Crippen LogP) is 4.40. The Balaban J connectivity index is 1.45. The van der Waals surface area contributed by atoms with Gasteiger partial charge in [0, 0.05) is 17.6 Å². The van der Waals surface area contributed by atoms with Crippen molar-refractivity contribution < 1.29 is 14.3 Å². The van der Waals surface area contributed by atoms with Gasteiger partial charge in [-0.05, 0) is 49.9 Å². The van der Waals surface area contributed by atoms with E-state index < -0.39 is 0 Å². The fraction of sp³-hybridized carbons (Fsp3) is 0.409. The topological polar surface area (TPSA) is 47.6 Å². The molecular weight excluding hydrogens is 326 g/mol. The van der Waals surface area contributed by atoms with Crippen LogP contribution in [-0.4, -0.2) is 18.1 Å². The van der Waals surface area contributed by atoms with Crippen LogP contribution in [0.5, 0.6) is 5.75 Å². The van der Waals surface area contributed by atoms with E-state index in [4.69, 9.17) is 9.47 Å². The molecule has 1 N–H and O–H groups in total. The third-order valence-corrected chi connectivity index (χ3v) is 5.41. The second kappa shape index (κ2) is 7.50. The molecule has 0 bridgehead atoms. The highest BCUT2D eigenvalue weighted by atomic mass is 16.5. The van der Waals surface area contributed by atoms with Crippen LogP contribution in [0.1, 0.15) is 60.1 Å². The van der Waals surface area contributed by atoms with Crippen LogP contribution >= 0.6 is 0 Å². The summed E-state index contributed by atoms with van der Waals surface area (Å²) in [6.07, 6.45) is 4.73. The number of ether oxygens (including phenoxy) is 2. The monoisotopic (exact) mass is 351 g/mol. The highest BCUT2D eigenvalue weighted by molar-refractivity contribution is 5.93. The Kier molecular flexibility index (Phi) is 4.93. The summed E-state index contributed by atoms with van der Waals surface area (Å²) in [6, 6.07) is 16.8. The van der Waals surface area contributed by atoms with Crippen LogP contribution in [0, 0.1) is 0 Å². The van der Waals surface area contributed by atoms with Gasteiger partial charge in [-0.2, -0.15) is 0 Å². The molecule has 4 heteroatoms. The SMILES string of the molecule is C[C@@H](N[C@H]1CCCC[C@@H]1Oc1ccc2c(c1)COC2=O)c1ccccc1. The molecule has 136 valence electrons. The van der Waals surface area contributed by atoms with E-state index in [1.165, 1.54) is 18.4 Å². The Bertz CT molecular complexity index is 774. The third-order valence-electron chi connectivity index (χ3n) is 5.41. The first-order valence-corrected chi connectivity index (χ1v) is 9.48. The van der Waals surface area contributed by atoms with E-state index in [2.05, 4.69) is 36.5 Å². The minimum Gasteiger partial charge on any atom is -0.489 e. The lowest BCUT2D eigenvalue weighted by Crippen LogP contribution is -2.46. The van der Waals surface area contributed by atoms with Gasteiger partial charge in [0.2, 0.25) is 0 Å². The summed E-state index contributed by atoms with van der Waals surface area (Å²) in [4.78, 5) is 11.6. The number of hydrogen-bond donors (Lipinski definition) is 1. The number of fused-ring (bicyclic) bond motifs is 1. The molecule has 1 fully saturated rings. The van der Waals surface area contributed by atoms with Crippen molar-refractivity contribution in [3.63, 3.8) is 0 Å². The van der Waals surface area contributed by atoms with E-state index in [9.17, 15) is 4.79 Å². The maximum absolute atomic E-state index is 11.6. The Hall–Kier alpha value is -2.33. The van der Waals surface area contributed by atoms with Crippen LogP contribution in [0.2, 0.25) is 0 Å². The highest BCUT2D eigenvalue weighted by Gasteiger charge is 2.29. The molecule has 0 radical (unpaired) electrons. The highest BCUT2D eigenvalue weighted by Crippen LogP contribution is 2.29. The number of hydrogen-bond acceptors (Lipinski definition) is 4. The summed E-state index contributed by atoms with van der Waals surface area (Å²) in [6.45, 7) is 2.56. The van der Waals surface area contributed by atoms with Gasteiger partial charge in [0.05, 0.1) is 5.56 Å². The van der Waals surface area contributed by atoms with Crippen molar-refractivity contribution in [2.45, 2.75) is 57.4 Å². The van der Waals surface area contributed by atoms with Gasteiger partial charge in [0.25, 0.3) is 0 Å². The number of rotatable bonds is 5. The summed E-state index contributed by atoms with van der Waals surface area (Å²) in [7, 11) is 0. The first kappa shape index (κ1) is 17.1. The molecule has 1 saturated carbocycles. The molecular formula is C22H25NO3. The van der Waals surface area contributed by atoms with Gasteiger partial charge in [-0.25, -0.2) is 4.79 Å². The van der Waals surface area contributed by atoms with Gasteiger partial charge in [-0.3, -0.25) is 0 Å². The standard InChI is InChI=1S/C22H25NO3/c1-15(16-7-3-2-4-8-16)23-20-9-5-6-10-21(20)26-18-11-12-19-17(13-18)14-25-22(19)24/h2-4,7-8,11-13,15,20-21,23H,5-6,9-10,14H2,1H3/t15-,20+,21+/m1/s1. The van der Waals surface area contributed by atoms with Crippen LogP contribution in [-0.2, 0) is 11.3 Å². The van der Waals surface area contributed by atoms with Crippen LogP contribution in [0.25, 0.3) is 0 Å². The van der Waals surface area contributed by atoms with Crippen molar-refractivity contribution in [2.24, 2.45) is 0 Å². The molecule has 0 unspecified atom stereocenters. The molecule has 1 heterocycles. The van der Waals surface area contributed by atoms with Crippen molar-refractivity contribution >= 4 is 5.97 Å². The molecule has 0 amide bonds. The number of carbonyl (C=O) groups excluding carboxylic acids is 1. The Morgan fingerprint density at radius 1 is 1.12 bits per heavy atom. The van der Waals surface area contributed by atoms with Gasteiger partial charge in [-0.15, -0.1) is 0 Å². The molecule has 2 aromatic rings. The Labute approximate surface area is 154 Å². The van der Waals surface area contributed by atoms with Crippen molar-refractivity contribution in [2.75, 3.05) is 0 Å². The molecule has 0 spiro atoms. The number of carbonyl (C=O) groups is 1. The zero-order valence-corrected chi connectivity index (χ0v) is 15.1. The van der Waals surface area contributed by atoms with E-state index in [0.717, 1.165) is 24.2 Å². The fourth-order valence-corrected chi connectivity index (χ4v) is 3.95. The van der Waals surface area contributed by atoms with Crippen LogP contribution in [0.4, 0.5) is 0 Å². The van der Waals surface area contributed by atoms with Crippen molar-refractivity contribution in [1.82, 2.24) is 5.32 Å². The van der Waals surface area contributed by atoms with Crippen molar-refractivity contribution in [3.05, 3.63) is 65.2 Å². The smallest absolute Gasteiger partial charge is 0.338 e. The summed E-state index contributed by atoms with van der Waals surface area (Å²) < 4.78 is 11.4. The zero-order valence-electron chi connectivity index (χ0n) is 15.1. The zero-order chi connectivity index (χ0) is 17.9. The van der Waals surface area contributed by atoms with Gasteiger partial charge in [0.1, 0.15) is 18.5 Å². The van der Waals surface area contributed by atoms with Gasteiger partial charge >= 0.3 is 5.97 Å². The molecule has 1 aliphatic heterocycles. The number of cyclic esters (lactones) is 1. The summed E-state index contributed by atoms with van der Waals surface area (Å²) in [5, 5.41) is 3.76. The quantitative estimate of drug-likeness (QED) is 0.811. The van der Waals surface area contributed by atoms with E-state index in [0.29, 0.717) is 18.2 Å². The van der Waals surface area contributed by atoms with Crippen LogP contribution in [0.3, 0.4) is 0 Å². The van der Waals surface area contributed by atoms with Crippen molar-refractivity contribution in [1.29, 1.82) is 0 Å². The van der Waals surface area contributed by atoms with E-state index in [-0.39, 0.29) is 18.1 Å². The second-order valence-corrected chi connectivity index (χ2v) is 7.24. The molecule has 0 aromatic heterocycles. The number of benzene rings is 2. The van der Waals surface area contributed by atoms with Crippen LogP contribution in [0.15, 0.2) is 48.5 Å². The summed E-state index contributed by atoms with van der Waals surface area (Å²) in [5.41, 5.74) is 2.88. The molecule has 2 aliphatic rings. The largest absolute Gasteiger partial charge is 0.489 e. The third kappa shape index (κ3) is 3.61. The number of nitrogens with one attached hydrogen (secondary N) is 1. The Morgan fingerprint density at radius 3 is 2.77 bits per heavy atom. The fourth-order valence-electron chi connectivity index (χ4n) is 3.95. The molecule has 4 rings (SSSR count). The second-order valence-electron chi connectivity index (χ2n) is 7.24. The van der Waals surface area contributed by atoms with Gasteiger partial charge in [-0.1, -0.05) is 36.8 Å². The molecule has 4 nitrogen and oxygen atoms in total. The molecule has 0 saturated heterocycles. The van der Waals surface area contributed by atoms with Crippen molar-refractivity contribution in [3.8, 4) is 5.75 Å². The average molecular weight is 351 g/mol. The van der Waals surface area contributed by atoms with E-state index in [1.54, 1.807) is 0 Å². The summed E-state index contributed by atoms with van der Waals surface area (Å²) >= 11 is 0. The maximum atomic E-state index is 11.6. The lowest BCUT2D eigenvalue weighted by Gasteiger charge is -2.34. The first-order valence-electron chi connectivity index (χ1n) is 9.48. The number of esters is 1. The predicted molar refractivity (Wildman–Crippen MR) is 100 cm³/mol. The first-order chi connectivity index (χ1) is 12.7. The lowest BCUT2D eigenvalue weighted by atomic mass is 9.91. The normalized spacial score (nSPS) is 23.2. The molecule has 26 heavy (non-hydrogen) atoms. The van der Waals surface area contributed by atoms with E-state index >= 15 is 0 Å². The molecule has 1 aliphatic carbocycles. The molecule has 2 aromatic carbocycles.